The summed E-state index contributed by atoms with van der Waals surface area (Å²) in [6.07, 6.45) is 5.47. The van der Waals surface area contributed by atoms with Gasteiger partial charge in [0.2, 0.25) is 0 Å². The van der Waals surface area contributed by atoms with Crippen LogP contribution in [0.4, 0.5) is 0 Å². The van der Waals surface area contributed by atoms with E-state index in [2.05, 4.69) is 4.18 Å². The zero-order chi connectivity index (χ0) is 10.2. The summed E-state index contributed by atoms with van der Waals surface area (Å²) in [5.41, 5.74) is 0. The van der Waals surface area contributed by atoms with Crippen molar-refractivity contribution in [2.45, 2.75) is 31.7 Å². The lowest BCUT2D eigenvalue weighted by atomic mass is 10.2. The Morgan fingerprint density at radius 2 is 2.00 bits per heavy atom. The lowest BCUT2D eigenvalue weighted by Gasteiger charge is -2.27. The quantitative estimate of drug-likeness (QED) is 0.643. The van der Waals surface area contributed by atoms with Crippen molar-refractivity contribution >= 4 is 16.2 Å². The van der Waals surface area contributed by atoms with Crippen LogP contribution in [0.1, 0.15) is 25.7 Å². The number of nitrogens with zero attached hydrogens (tertiary/aromatic N) is 1. The normalized spacial score (nSPS) is 26.6. The van der Waals surface area contributed by atoms with E-state index in [4.69, 9.17) is 0 Å². The van der Waals surface area contributed by atoms with Gasteiger partial charge >= 0.3 is 10.3 Å². The van der Waals surface area contributed by atoms with Gasteiger partial charge in [-0.15, -0.1) is 0 Å². The molecule has 1 fully saturated rings. The number of carbonyl (C=O) groups is 1. The van der Waals surface area contributed by atoms with Crippen LogP contribution in [-0.4, -0.2) is 24.7 Å². The van der Waals surface area contributed by atoms with Crippen molar-refractivity contribution in [1.82, 2.24) is 4.31 Å². The van der Waals surface area contributed by atoms with E-state index in [0.717, 1.165) is 42.3 Å². The second-order valence-corrected chi connectivity index (χ2v) is 4.87. The van der Waals surface area contributed by atoms with E-state index >= 15 is 0 Å². The van der Waals surface area contributed by atoms with Gasteiger partial charge in [0.15, 0.2) is 0 Å². The number of rotatable bonds is 1. The Hall–Kier alpha value is -1.04. The van der Waals surface area contributed by atoms with Gasteiger partial charge in [-0.2, -0.15) is 12.7 Å². The maximum Gasteiger partial charge on any atom is 0.412 e. The van der Waals surface area contributed by atoms with Crippen molar-refractivity contribution < 1.29 is 17.4 Å². The van der Waals surface area contributed by atoms with Crippen LogP contribution in [0.2, 0.25) is 0 Å². The van der Waals surface area contributed by atoms with E-state index in [-0.39, 0.29) is 6.04 Å². The first-order chi connectivity index (χ1) is 6.61. The van der Waals surface area contributed by atoms with Gasteiger partial charge in [-0.3, -0.25) is 4.79 Å². The molecule has 1 aliphatic carbocycles. The number of hydrogen-bond donors (Lipinski definition) is 0. The Labute approximate surface area is 82.6 Å². The van der Waals surface area contributed by atoms with Crippen LogP contribution in [0.5, 0.6) is 0 Å². The second-order valence-electron chi connectivity index (χ2n) is 3.43. The molecule has 0 unspecified atom stereocenters. The molecule has 0 atom stereocenters. The van der Waals surface area contributed by atoms with Crippen LogP contribution in [0.25, 0.3) is 0 Å². The summed E-state index contributed by atoms with van der Waals surface area (Å²) in [4.78, 5) is 11.4. The summed E-state index contributed by atoms with van der Waals surface area (Å²) in [6.45, 7) is 0. The molecule has 5 nitrogen and oxygen atoms in total. The van der Waals surface area contributed by atoms with Crippen molar-refractivity contribution in [3.05, 3.63) is 12.3 Å². The molecule has 6 heteroatoms. The molecule has 0 N–H and O–H groups in total. The lowest BCUT2D eigenvalue weighted by molar-refractivity contribution is -0.123. The van der Waals surface area contributed by atoms with Gasteiger partial charge < -0.3 is 4.18 Å². The molecule has 0 aromatic rings. The second kappa shape index (κ2) is 3.27. The van der Waals surface area contributed by atoms with Gasteiger partial charge in [0.1, 0.15) is 6.26 Å². The molecule has 2 rings (SSSR count). The minimum atomic E-state index is -3.86. The first-order valence-electron chi connectivity index (χ1n) is 4.54. The predicted octanol–water partition coefficient (Wildman–Crippen LogP) is 0.546. The number of amides is 1. The first kappa shape index (κ1) is 9.51. The van der Waals surface area contributed by atoms with Crippen molar-refractivity contribution in [2.24, 2.45) is 0 Å². The van der Waals surface area contributed by atoms with Crippen molar-refractivity contribution in [3.8, 4) is 0 Å². The fraction of sp³-hybridized carbons (Fsp3) is 0.625. The van der Waals surface area contributed by atoms with Crippen LogP contribution < -0.4 is 0 Å². The van der Waals surface area contributed by atoms with Gasteiger partial charge in [0.05, 0.1) is 6.04 Å². The smallest absolute Gasteiger partial charge is 0.374 e. The molecule has 0 radical (unpaired) electrons. The molecule has 1 heterocycles. The molecule has 0 saturated heterocycles. The van der Waals surface area contributed by atoms with Gasteiger partial charge in [-0.1, -0.05) is 12.8 Å². The topological polar surface area (TPSA) is 63.7 Å². The molecule has 0 spiro atoms. The first-order valence-corrected chi connectivity index (χ1v) is 5.91. The molecule has 78 valence electrons. The Morgan fingerprint density at radius 1 is 1.36 bits per heavy atom. The SMILES string of the molecule is O=C1C=COS(=O)(=O)N1C1CCCC1. The van der Waals surface area contributed by atoms with Gasteiger partial charge in [0, 0.05) is 6.08 Å². The summed E-state index contributed by atoms with van der Waals surface area (Å²) in [6, 6.07) is -0.211. The molecule has 1 amide bonds. The van der Waals surface area contributed by atoms with Crippen molar-refractivity contribution in [1.29, 1.82) is 0 Å². The highest BCUT2D eigenvalue weighted by atomic mass is 32.2. The maximum atomic E-state index is 11.4. The minimum Gasteiger partial charge on any atom is -0.374 e. The average Bonchev–Trinajstić information content (AvgIpc) is 2.55. The summed E-state index contributed by atoms with van der Waals surface area (Å²) in [5.74, 6) is -0.497. The third-order valence-corrected chi connectivity index (χ3v) is 3.82. The third-order valence-electron chi connectivity index (χ3n) is 2.50. The van der Waals surface area contributed by atoms with Crippen LogP contribution in [0.15, 0.2) is 12.3 Å². The van der Waals surface area contributed by atoms with Crippen molar-refractivity contribution in [3.63, 3.8) is 0 Å². The number of carbonyl (C=O) groups excluding carboxylic acids is 1. The molecular formula is C8H11NO4S. The Kier molecular flexibility index (Phi) is 2.22. The summed E-state index contributed by atoms with van der Waals surface area (Å²) < 4.78 is 28.1. The van der Waals surface area contributed by atoms with E-state index in [1.807, 2.05) is 0 Å². The molecule has 1 saturated carbocycles. The largest absolute Gasteiger partial charge is 0.412 e. The van der Waals surface area contributed by atoms with Crippen LogP contribution in [0, 0.1) is 0 Å². The molecule has 1 aliphatic heterocycles. The monoisotopic (exact) mass is 217 g/mol. The summed E-state index contributed by atoms with van der Waals surface area (Å²) in [7, 11) is -3.86. The summed E-state index contributed by atoms with van der Waals surface area (Å²) in [5, 5.41) is 0. The van der Waals surface area contributed by atoms with E-state index < -0.39 is 16.2 Å². The van der Waals surface area contributed by atoms with E-state index in [1.165, 1.54) is 0 Å². The fourth-order valence-electron chi connectivity index (χ4n) is 1.89. The molecule has 0 aromatic heterocycles. The zero-order valence-electron chi connectivity index (χ0n) is 7.55. The highest BCUT2D eigenvalue weighted by Gasteiger charge is 2.37. The zero-order valence-corrected chi connectivity index (χ0v) is 8.37. The third kappa shape index (κ3) is 1.50. The fourth-order valence-corrected chi connectivity index (χ4v) is 3.03. The number of hydrogen-bond acceptors (Lipinski definition) is 4. The standard InChI is InChI=1S/C8H11NO4S/c10-8-5-6-13-14(11,12)9(8)7-3-1-2-4-7/h5-7H,1-4H2. The molecule has 0 aromatic carbocycles. The van der Waals surface area contributed by atoms with E-state index in [9.17, 15) is 13.2 Å². The highest BCUT2D eigenvalue weighted by molar-refractivity contribution is 7.85. The Bertz CT molecular complexity index is 367. The van der Waals surface area contributed by atoms with Gasteiger partial charge in [0.25, 0.3) is 5.91 Å². The molecular weight excluding hydrogens is 206 g/mol. The van der Waals surface area contributed by atoms with Crippen molar-refractivity contribution in [2.75, 3.05) is 0 Å². The predicted molar refractivity (Wildman–Crippen MR) is 48.2 cm³/mol. The van der Waals surface area contributed by atoms with Crippen LogP contribution >= 0.6 is 0 Å². The maximum absolute atomic E-state index is 11.4. The highest BCUT2D eigenvalue weighted by Crippen LogP contribution is 2.27. The van der Waals surface area contributed by atoms with Gasteiger partial charge in [-0.25, -0.2) is 0 Å². The van der Waals surface area contributed by atoms with Crippen LogP contribution in [0.3, 0.4) is 0 Å². The molecule has 0 bridgehead atoms. The lowest BCUT2D eigenvalue weighted by Crippen LogP contribution is -2.44. The van der Waals surface area contributed by atoms with Crippen LogP contribution in [-0.2, 0) is 19.3 Å². The summed E-state index contributed by atoms with van der Waals surface area (Å²) >= 11 is 0. The Morgan fingerprint density at radius 3 is 2.57 bits per heavy atom. The van der Waals surface area contributed by atoms with E-state index in [1.54, 1.807) is 0 Å². The Balaban J connectivity index is 2.30. The van der Waals surface area contributed by atoms with Gasteiger partial charge in [-0.05, 0) is 12.8 Å². The average molecular weight is 217 g/mol. The van der Waals surface area contributed by atoms with E-state index in [0.29, 0.717) is 0 Å². The molecule has 2 aliphatic rings. The molecule has 14 heavy (non-hydrogen) atoms. The minimum absolute atomic E-state index is 0.211.